The molecule has 4 N–H and O–H groups in total. The third kappa shape index (κ3) is 4.58. The Morgan fingerprint density at radius 2 is 2.24 bits per heavy atom. The molecule has 0 fully saturated rings. The fraction of sp³-hybridized carbons (Fsp3) is 0.400. The zero-order valence-electron chi connectivity index (χ0n) is 9.16. The first-order chi connectivity index (χ1) is 7.80. The highest BCUT2D eigenvalue weighted by atomic mass is 79.9. The number of aliphatic carboxylic acids is 1. The van der Waals surface area contributed by atoms with E-state index in [1.807, 2.05) is 0 Å². The minimum Gasteiger partial charge on any atom is -0.481 e. The van der Waals surface area contributed by atoms with Crippen LogP contribution in [0, 0.1) is 0 Å². The summed E-state index contributed by atoms with van der Waals surface area (Å²) in [5.74, 6) is -1.52. The third-order valence-electron chi connectivity index (χ3n) is 2.05. The molecule has 1 rings (SSSR count). The molecular weight excluding hydrogens is 292 g/mol. The topological polar surface area (TPSA) is 102 Å². The van der Waals surface area contributed by atoms with Gasteiger partial charge in [-0.15, -0.1) is 0 Å². The van der Waals surface area contributed by atoms with Crippen LogP contribution in [0.2, 0.25) is 0 Å². The summed E-state index contributed by atoms with van der Waals surface area (Å²) < 4.78 is 0.736. The minimum atomic E-state index is -1.47. The van der Waals surface area contributed by atoms with E-state index < -0.39 is 23.9 Å². The van der Waals surface area contributed by atoms with Crippen LogP contribution in [-0.2, 0) is 4.79 Å². The monoisotopic (exact) mass is 304 g/mol. The van der Waals surface area contributed by atoms with E-state index in [2.05, 4.69) is 26.2 Å². The molecule has 0 saturated heterocycles. The van der Waals surface area contributed by atoms with Crippen LogP contribution in [0.4, 0.5) is 0 Å². The van der Waals surface area contributed by atoms with Gasteiger partial charge in [0.1, 0.15) is 5.69 Å². The van der Waals surface area contributed by atoms with Crippen molar-refractivity contribution in [3.05, 3.63) is 22.4 Å². The number of carboxylic acids is 1. The van der Waals surface area contributed by atoms with Gasteiger partial charge in [0.05, 0.1) is 12.0 Å². The number of aromatic nitrogens is 1. The van der Waals surface area contributed by atoms with Gasteiger partial charge < -0.3 is 20.5 Å². The van der Waals surface area contributed by atoms with Crippen LogP contribution in [0.15, 0.2) is 16.7 Å². The Balaban J connectivity index is 2.51. The van der Waals surface area contributed by atoms with E-state index in [1.54, 1.807) is 12.3 Å². The maximum absolute atomic E-state index is 11.6. The summed E-state index contributed by atoms with van der Waals surface area (Å²) >= 11 is 3.19. The smallest absolute Gasteiger partial charge is 0.306 e. The highest BCUT2D eigenvalue weighted by molar-refractivity contribution is 9.10. The SMILES string of the molecule is CC(O)(CNC(=O)c1cc(Br)c[nH]1)CC(=O)O. The van der Waals surface area contributed by atoms with Gasteiger partial charge in [0.2, 0.25) is 0 Å². The van der Waals surface area contributed by atoms with Crippen molar-refractivity contribution in [1.29, 1.82) is 0 Å². The summed E-state index contributed by atoms with van der Waals surface area (Å²) in [5.41, 5.74) is -1.13. The average Bonchev–Trinajstić information content (AvgIpc) is 2.59. The second kappa shape index (κ2) is 5.33. The number of halogens is 1. The van der Waals surface area contributed by atoms with Gasteiger partial charge in [-0.2, -0.15) is 0 Å². The Hall–Kier alpha value is -1.34. The van der Waals surface area contributed by atoms with Crippen molar-refractivity contribution in [3.8, 4) is 0 Å². The fourth-order valence-corrected chi connectivity index (χ4v) is 1.60. The van der Waals surface area contributed by atoms with E-state index in [0.717, 1.165) is 4.47 Å². The molecule has 0 spiro atoms. The highest BCUT2D eigenvalue weighted by Crippen LogP contribution is 2.11. The summed E-state index contributed by atoms with van der Waals surface area (Å²) in [4.78, 5) is 24.7. The number of amides is 1. The number of H-pyrrole nitrogens is 1. The quantitative estimate of drug-likeness (QED) is 0.644. The van der Waals surface area contributed by atoms with Crippen molar-refractivity contribution in [3.63, 3.8) is 0 Å². The fourth-order valence-electron chi connectivity index (χ4n) is 1.25. The van der Waals surface area contributed by atoms with Gasteiger partial charge >= 0.3 is 5.97 Å². The van der Waals surface area contributed by atoms with Crippen molar-refractivity contribution in [2.75, 3.05) is 6.54 Å². The molecule has 94 valence electrons. The molecule has 1 heterocycles. The van der Waals surface area contributed by atoms with E-state index in [1.165, 1.54) is 6.92 Å². The Morgan fingerprint density at radius 3 is 2.71 bits per heavy atom. The van der Waals surface area contributed by atoms with Gasteiger partial charge in [0.15, 0.2) is 0 Å². The molecule has 0 bridgehead atoms. The zero-order valence-corrected chi connectivity index (χ0v) is 10.7. The predicted molar refractivity (Wildman–Crippen MR) is 63.7 cm³/mol. The maximum Gasteiger partial charge on any atom is 0.306 e. The van der Waals surface area contributed by atoms with Crippen LogP contribution in [0.3, 0.4) is 0 Å². The highest BCUT2D eigenvalue weighted by Gasteiger charge is 2.25. The Morgan fingerprint density at radius 1 is 1.59 bits per heavy atom. The van der Waals surface area contributed by atoms with Crippen molar-refractivity contribution in [1.82, 2.24) is 10.3 Å². The van der Waals surface area contributed by atoms with Crippen LogP contribution in [0.25, 0.3) is 0 Å². The maximum atomic E-state index is 11.6. The summed E-state index contributed by atoms with van der Waals surface area (Å²) in [6, 6.07) is 1.58. The third-order valence-corrected chi connectivity index (χ3v) is 2.51. The summed E-state index contributed by atoms with van der Waals surface area (Å²) in [6.45, 7) is 1.22. The molecule has 0 saturated carbocycles. The number of hydrogen-bond acceptors (Lipinski definition) is 3. The van der Waals surface area contributed by atoms with Gasteiger partial charge in [0, 0.05) is 17.2 Å². The molecule has 0 aliphatic carbocycles. The number of hydrogen-bond donors (Lipinski definition) is 4. The molecular formula is C10H13BrN2O4. The largest absolute Gasteiger partial charge is 0.481 e. The molecule has 0 radical (unpaired) electrons. The van der Waals surface area contributed by atoms with Crippen molar-refractivity contribution < 1.29 is 19.8 Å². The second-order valence-corrected chi connectivity index (χ2v) is 4.90. The van der Waals surface area contributed by atoms with Gasteiger partial charge in [-0.25, -0.2) is 0 Å². The van der Waals surface area contributed by atoms with Crippen molar-refractivity contribution in [2.24, 2.45) is 0 Å². The number of aliphatic hydroxyl groups is 1. The average molecular weight is 305 g/mol. The molecule has 1 amide bonds. The predicted octanol–water partition coefficient (Wildman–Crippen LogP) is 0.733. The number of carboxylic acid groups (broad SMARTS) is 1. The Labute approximate surface area is 106 Å². The van der Waals surface area contributed by atoms with Crippen LogP contribution in [0.5, 0.6) is 0 Å². The standard InChI is InChI=1S/C10H13BrN2O4/c1-10(17,3-8(14)15)5-13-9(16)7-2-6(11)4-12-7/h2,4,12,17H,3,5H2,1H3,(H,13,16)(H,14,15). The first-order valence-electron chi connectivity index (χ1n) is 4.86. The molecule has 1 unspecified atom stereocenters. The summed E-state index contributed by atoms with van der Waals surface area (Å²) in [6.07, 6.45) is 1.17. The zero-order chi connectivity index (χ0) is 13.1. The first-order valence-corrected chi connectivity index (χ1v) is 5.66. The number of carbonyl (C=O) groups is 2. The molecule has 0 aliphatic heterocycles. The van der Waals surface area contributed by atoms with Gasteiger partial charge in [0.25, 0.3) is 5.91 Å². The van der Waals surface area contributed by atoms with Gasteiger partial charge in [-0.1, -0.05) is 0 Å². The molecule has 7 heteroatoms. The van der Waals surface area contributed by atoms with E-state index >= 15 is 0 Å². The summed E-state index contributed by atoms with van der Waals surface area (Å²) in [5, 5.41) is 20.7. The van der Waals surface area contributed by atoms with Crippen molar-refractivity contribution >= 4 is 27.8 Å². The minimum absolute atomic E-state index is 0.130. The lowest BCUT2D eigenvalue weighted by Crippen LogP contribution is -2.42. The van der Waals surface area contributed by atoms with Crippen molar-refractivity contribution in [2.45, 2.75) is 18.9 Å². The van der Waals surface area contributed by atoms with Crippen LogP contribution in [-0.4, -0.2) is 39.2 Å². The lowest BCUT2D eigenvalue weighted by molar-refractivity contribution is -0.141. The van der Waals surface area contributed by atoms with Gasteiger partial charge in [-0.3, -0.25) is 9.59 Å². The molecule has 1 atom stereocenters. The van der Waals surface area contributed by atoms with E-state index in [9.17, 15) is 14.7 Å². The van der Waals surface area contributed by atoms with Crippen LogP contribution in [0.1, 0.15) is 23.8 Å². The number of aromatic amines is 1. The van der Waals surface area contributed by atoms with E-state index in [0.29, 0.717) is 5.69 Å². The van der Waals surface area contributed by atoms with E-state index in [4.69, 9.17) is 5.11 Å². The molecule has 0 aromatic carbocycles. The van der Waals surface area contributed by atoms with Crippen LogP contribution >= 0.6 is 15.9 Å². The molecule has 6 nitrogen and oxygen atoms in total. The first kappa shape index (κ1) is 13.7. The normalized spacial score (nSPS) is 14.1. The molecule has 17 heavy (non-hydrogen) atoms. The second-order valence-electron chi connectivity index (χ2n) is 3.98. The van der Waals surface area contributed by atoms with Gasteiger partial charge in [-0.05, 0) is 28.9 Å². The lowest BCUT2D eigenvalue weighted by atomic mass is 10.0. The molecule has 1 aromatic heterocycles. The Bertz CT molecular complexity index is 428. The lowest BCUT2D eigenvalue weighted by Gasteiger charge is -2.21. The van der Waals surface area contributed by atoms with E-state index in [-0.39, 0.29) is 6.54 Å². The van der Waals surface area contributed by atoms with Crippen LogP contribution < -0.4 is 5.32 Å². The number of rotatable bonds is 5. The Kier molecular flexibility index (Phi) is 4.30. The molecule has 1 aromatic rings. The number of nitrogens with one attached hydrogen (secondary N) is 2. The summed E-state index contributed by atoms with van der Waals surface area (Å²) in [7, 11) is 0. The molecule has 0 aliphatic rings. The number of carbonyl (C=O) groups excluding carboxylic acids is 1.